The minimum Gasteiger partial charge on any atom is -0.497 e. The number of nitrogens with zero attached hydrogens (tertiary/aromatic N) is 5. The predicted octanol–water partition coefficient (Wildman–Crippen LogP) is 4.09. The zero-order chi connectivity index (χ0) is 40.0. The van der Waals surface area contributed by atoms with E-state index in [2.05, 4.69) is 20.3 Å². The summed E-state index contributed by atoms with van der Waals surface area (Å²) >= 11 is 0. The Balaban J connectivity index is 0.000000188. The van der Waals surface area contributed by atoms with Gasteiger partial charge >= 0.3 is 0 Å². The maximum absolute atomic E-state index is 12.5. The second-order valence-electron chi connectivity index (χ2n) is 15.2. The van der Waals surface area contributed by atoms with Crippen LogP contribution in [0.15, 0.2) is 70.6 Å². The van der Waals surface area contributed by atoms with Crippen molar-refractivity contribution in [2.24, 2.45) is 0 Å². The Bertz CT molecular complexity index is 2330. The first-order valence-corrected chi connectivity index (χ1v) is 19.6. The van der Waals surface area contributed by atoms with Crippen molar-refractivity contribution >= 4 is 27.9 Å². The second-order valence-corrected chi connectivity index (χ2v) is 15.2. The Morgan fingerprint density at radius 3 is 1.79 bits per heavy atom. The van der Waals surface area contributed by atoms with Gasteiger partial charge in [-0.1, -0.05) is 0 Å². The molecule has 3 aromatic heterocycles. The molecule has 0 atom stereocenters. The van der Waals surface area contributed by atoms with Crippen molar-refractivity contribution in [3.8, 4) is 23.0 Å². The largest absolute Gasteiger partial charge is 0.497 e. The molecule has 3 aliphatic rings. The van der Waals surface area contributed by atoms with Gasteiger partial charge in [-0.25, -0.2) is 9.97 Å². The lowest BCUT2D eigenvalue weighted by atomic mass is 9.80. The van der Waals surface area contributed by atoms with Crippen LogP contribution in [0.25, 0.3) is 22.1 Å². The average Bonchev–Trinajstić information content (AvgIpc) is 3.23. The number of rotatable bonds is 11. The van der Waals surface area contributed by atoms with Crippen molar-refractivity contribution in [1.82, 2.24) is 29.4 Å². The number of ether oxygens (including phenoxy) is 4. The number of fused-ring (bicyclic) bond motifs is 3. The van der Waals surface area contributed by atoms with Crippen LogP contribution in [0, 0.1) is 0 Å². The highest BCUT2D eigenvalue weighted by Crippen LogP contribution is 2.34. The topological polar surface area (TPSA) is 189 Å². The van der Waals surface area contributed by atoms with Crippen LogP contribution in [-0.2, 0) is 24.4 Å². The van der Waals surface area contributed by atoms with E-state index in [0.29, 0.717) is 119 Å². The average molecular weight is 783 g/mol. The van der Waals surface area contributed by atoms with Gasteiger partial charge in [0, 0.05) is 56.7 Å². The zero-order valence-electron chi connectivity index (χ0n) is 32.4. The molecular weight excluding hydrogens is 732 g/mol. The van der Waals surface area contributed by atoms with Gasteiger partial charge in [0.25, 0.3) is 11.1 Å². The Kier molecular flexibility index (Phi) is 12.2. The van der Waals surface area contributed by atoms with Crippen molar-refractivity contribution in [3.05, 3.63) is 87.5 Å². The molecule has 4 heterocycles. The number of benzene rings is 2. The summed E-state index contributed by atoms with van der Waals surface area (Å²) in [5, 5.41) is 25.4. The van der Waals surface area contributed by atoms with Crippen molar-refractivity contribution in [2.75, 3.05) is 27.4 Å². The third kappa shape index (κ3) is 9.60. The standard InChI is InChI=1S/C25H30N4O5.C17H20N2O4/c1-32-19-2-3-20-21(13-19)29(24(30)16-28-20)9-8-25(31)6-4-17(5-7-25)26-14-18-12-22-23(15-27-18)34-11-10-33-22;1-23-13-2-3-14-15(10-13)19(16(21)11-18-14)9-8-17(22)6-4-12(20)5-7-17/h2-3,12-13,15-17,26,31H,4-11,14H2,1H3;2-3,10-11,22H,4-9H2,1H3. The zero-order valence-corrected chi connectivity index (χ0v) is 32.4. The Labute approximate surface area is 329 Å². The second kappa shape index (κ2) is 17.4. The molecule has 57 heavy (non-hydrogen) atoms. The monoisotopic (exact) mass is 782 g/mol. The van der Waals surface area contributed by atoms with E-state index in [0.717, 1.165) is 35.3 Å². The van der Waals surface area contributed by atoms with E-state index in [1.54, 1.807) is 47.7 Å². The van der Waals surface area contributed by atoms with Gasteiger partial charge in [0.05, 0.1) is 71.8 Å². The summed E-state index contributed by atoms with van der Waals surface area (Å²) in [6.45, 7) is 2.56. The summed E-state index contributed by atoms with van der Waals surface area (Å²) in [4.78, 5) is 48.9. The van der Waals surface area contributed by atoms with Gasteiger partial charge in [-0.15, -0.1) is 0 Å². The predicted molar refractivity (Wildman–Crippen MR) is 212 cm³/mol. The number of nitrogens with one attached hydrogen (secondary N) is 1. The molecule has 3 N–H and O–H groups in total. The molecule has 0 bridgehead atoms. The van der Waals surface area contributed by atoms with Gasteiger partial charge in [0.1, 0.15) is 30.5 Å². The third-order valence-electron chi connectivity index (χ3n) is 11.4. The van der Waals surface area contributed by atoms with E-state index in [1.807, 2.05) is 24.3 Å². The van der Waals surface area contributed by atoms with Gasteiger partial charge in [-0.2, -0.15) is 0 Å². The first-order valence-electron chi connectivity index (χ1n) is 19.6. The van der Waals surface area contributed by atoms with Gasteiger partial charge in [0.2, 0.25) is 0 Å². The molecule has 2 aromatic carbocycles. The molecule has 0 saturated heterocycles. The number of ketones is 1. The van der Waals surface area contributed by atoms with Crippen LogP contribution in [-0.4, -0.2) is 84.8 Å². The summed E-state index contributed by atoms with van der Waals surface area (Å²) in [5.74, 6) is 2.96. The fourth-order valence-corrected chi connectivity index (χ4v) is 7.83. The van der Waals surface area contributed by atoms with Crippen molar-refractivity contribution < 1.29 is 34.0 Å². The van der Waals surface area contributed by atoms with E-state index in [1.165, 1.54) is 12.4 Å². The van der Waals surface area contributed by atoms with Gasteiger partial charge in [-0.3, -0.25) is 19.4 Å². The number of aryl methyl sites for hydroxylation is 2. The highest BCUT2D eigenvalue weighted by Gasteiger charge is 2.34. The molecular formula is C42H50N6O9. The highest BCUT2D eigenvalue weighted by atomic mass is 16.6. The first kappa shape index (κ1) is 39.8. The van der Waals surface area contributed by atoms with E-state index >= 15 is 0 Å². The van der Waals surface area contributed by atoms with Crippen LogP contribution in [0.2, 0.25) is 0 Å². The Morgan fingerprint density at radius 1 is 0.719 bits per heavy atom. The van der Waals surface area contributed by atoms with Crippen LogP contribution in [0.1, 0.15) is 69.9 Å². The number of Topliss-reactive ketones (excluding diaryl/α,β-unsaturated/α-hetero) is 1. The van der Waals surface area contributed by atoms with Gasteiger partial charge < -0.3 is 43.6 Å². The SMILES string of the molecule is COc1ccc2ncc(=O)n(CCC3(O)CCC(=O)CC3)c2c1.COc1ccc2ncc(=O)n(CCC3(O)CCC(NCc4cc5c(cn4)OCCO5)CC3)c2c1. The van der Waals surface area contributed by atoms with Crippen molar-refractivity contribution in [2.45, 2.75) is 101 Å². The van der Waals surface area contributed by atoms with E-state index in [4.69, 9.17) is 18.9 Å². The number of carbonyl (C=O) groups is 1. The van der Waals surface area contributed by atoms with Gasteiger partial charge in [-0.05, 0) is 75.6 Å². The molecule has 0 spiro atoms. The van der Waals surface area contributed by atoms with E-state index in [9.17, 15) is 24.6 Å². The molecule has 2 fully saturated rings. The molecule has 0 amide bonds. The number of hydrogen-bond acceptors (Lipinski definition) is 13. The van der Waals surface area contributed by atoms with E-state index in [-0.39, 0.29) is 16.9 Å². The summed E-state index contributed by atoms with van der Waals surface area (Å²) in [6, 6.07) is 13.1. The summed E-state index contributed by atoms with van der Waals surface area (Å²) in [5.41, 5.74) is 1.70. The van der Waals surface area contributed by atoms with Crippen LogP contribution in [0.5, 0.6) is 23.0 Å². The van der Waals surface area contributed by atoms with Crippen molar-refractivity contribution in [1.29, 1.82) is 0 Å². The Morgan fingerprint density at radius 2 is 1.25 bits per heavy atom. The molecule has 15 nitrogen and oxygen atoms in total. The molecule has 302 valence electrons. The quantitative estimate of drug-likeness (QED) is 0.174. The number of hydrogen-bond donors (Lipinski definition) is 3. The molecule has 2 aliphatic carbocycles. The molecule has 15 heteroatoms. The maximum atomic E-state index is 12.5. The molecule has 8 rings (SSSR count). The van der Waals surface area contributed by atoms with Crippen LogP contribution >= 0.6 is 0 Å². The number of aliphatic hydroxyl groups is 2. The lowest BCUT2D eigenvalue weighted by Gasteiger charge is -2.36. The van der Waals surface area contributed by atoms with Crippen LogP contribution < -0.4 is 35.4 Å². The number of pyridine rings is 1. The van der Waals surface area contributed by atoms with Crippen LogP contribution in [0.4, 0.5) is 0 Å². The summed E-state index contributed by atoms with van der Waals surface area (Å²) in [7, 11) is 3.17. The smallest absolute Gasteiger partial charge is 0.269 e. The highest BCUT2D eigenvalue weighted by molar-refractivity contribution is 5.79. The minimum atomic E-state index is -0.873. The van der Waals surface area contributed by atoms with Crippen molar-refractivity contribution in [3.63, 3.8) is 0 Å². The number of aromatic nitrogens is 5. The first-order chi connectivity index (χ1) is 27.5. The normalized spacial score (nSPS) is 20.1. The summed E-state index contributed by atoms with van der Waals surface area (Å²) in [6.07, 6.45) is 10.1. The number of methoxy groups -OCH3 is 2. The van der Waals surface area contributed by atoms with Gasteiger partial charge in [0.15, 0.2) is 11.5 Å². The Hall–Kier alpha value is -5.38. The molecule has 0 unspecified atom stereocenters. The summed E-state index contributed by atoms with van der Waals surface area (Å²) < 4.78 is 25.0. The molecule has 1 aliphatic heterocycles. The lowest BCUT2D eigenvalue weighted by molar-refractivity contribution is -0.125. The maximum Gasteiger partial charge on any atom is 0.269 e. The fraction of sp³-hybridized carbons (Fsp3) is 0.476. The van der Waals surface area contributed by atoms with E-state index < -0.39 is 11.2 Å². The lowest BCUT2D eigenvalue weighted by Crippen LogP contribution is -2.42. The molecule has 5 aromatic rings. The molecule has 2 saturated carbocycles. The molecule has 0 radical (unpaired) electrons. The van der Waals surface area contributed by atoms with Crippen LogP contribution in [0.3, 0.4) is 0 Å². The minimum absolute atomic E-state index is 0.174. The third-order valence-corrected chi connectivity index (χ3v) is 11.4. The fourth-order valence-electron chi connectivity index (χ4n) is 7.83. The number of carbonyl (C=O) groups excluding carboxylic acids is 1.